The summed E-state index contributed by atoms with van der Waals surface area (Å²) in [5.74, 6) is 0.264. The van der Waals surface area contributed by atoms with Crippen LogP contribution in [0.25, 0.3) is 0 Å². The number of nitrogens with zero attached hydrogens (tertiary/aromatic N) is 1. The van der Waals surface area contributed by atoms with Crippen LogP contribution in [0.4, 0.5) is 0 Å². The van der Waals surface area contributed by atoms with Gasteiger partial charge in [0, 0.05) is 25.2 Å². The topological polar surface area (TPSA) is 45.5 Å². The molecule has 3 rings (SSSR count). The molecule has 5 heteroatoms. The maximum absolute atomic E-state index is 11.9. The number of hydrogen-bond acceptors (Lipinski definition) is 3. The summed E-state index contributed by atoms with van der Waals surface area (Å²) < 4.78 is 5.82. The minimum atomic E-state index is -0.113. The van der Waals surface area contributed by atoms with Gasteiger partial charge in [0.05, 0.1) is 0 Å². The van der Waals surface area contributed by atoms with Crippen molar-refractivity contribution in [1.82, 2.24) is 10.2 Å². The van der Waals surface area contributed by atoms with Crippen molar-refractivity contribution in [2.75, 3.05) is 13.1 Å². The summed E-state index contributed by atoms with van der Waals surface area (Å²) in [5.41, 5.74) is 0. The Hall–Kier alpha value is -0.810. The fourth-order valence-corrected chi connectivity index (χ4v) is 2.68. The summed E-state index contributed by atoms with van der Waals surface area (Å²) in [5, 5.41) is 3.03. The quantitative estimate of drug-likeness (QED) is 0.928. The van der Waals surface area contributed by atoms with Gasteiger partial charge in [-0.3, -0.25) is 9.69 Å². The second-order valence-electron chi connectivity index (χ2n) is 4.79. The fourth-order valence-electron chi connectivity index (χ4n) is 2.37. The molecule has 1 atom stereocenters. The zero-order chi connectivity index (χ0) is 11.8. The van der Waals surface area contributed by atoms with Crippen LogP contribution >= 0.6 is 15.9 Å². The number of furan rings is 1. The standard InChI is InChI=1S/C12H15BrN2O2/c13-11-4-3-10(17-11)12(16)14-8-5-6-15(7-8)9-1-2-9/h3-4,8-9H,1-2,5-7H2,(H,14,16). The first-order chi connectivity index (χ1) is 8.22. The van der Waals surface area contributed by atoms with Gasteiger partial charge in [0.1, 0.15) is 0 Å². The van der Waals surface area contributed by atoms with Gasteiger partial charge in [0.2, 0.25) is 0 Å². The first-order valence-electron chi connectivity index (χ1n) is 6.02. The lowest BCUT2D eigenvalue weighted by atomic mass is 10.2. The molecule has 1 saturated heterocycles. The lowest BCUT2D eigenvalue weighted by molar-refractivity contribution is 0.0908. The molecule has 2 aliphatic rings. The monoisotopic (exact) mass is 298 g/mol. The molecule has 92 valence electrons. The maximum Gasteiger partial charge on any atom is 0.287 e. The summed E-state index contributed by atoms with van der Waals surface area (Å²) in [6.07, 6.45) is 3.70. The highest BCUT2D eigenvalue weighted by molar-refractivity contribution is 9.10. The molecule has 0 aromatic carbocycles. The van der Waals surface area contributed by atoms with E-state index in [-0.39, 0.29) is 11.9 Å². The predicted octanol–water partition coefficient (Wildman–Crippen LogP) is 2.01. The van der Waals surface area contributed by atoms with Crippen LogP contribution in [0.2, 0.25) is 0 Å². The molecule has 2 fully saturated rings. The van der Waals surface area contributed by atoms with Crippen LogP contribution in [0.15, 0.2) is 21.2 Å². The minimum Gasteiger partial charge on any atom is -0.444 e. The summed E-state index contributed by atoms with van der Waals surface area (Å²) in [4.78, 5) is 14.3. The average molecular weight is 299 g/mol. The fraction of sp³-hybridized carbons (Fsp3) is 0.583. The number of likely N-dealkylation sites (tertiary alicyclic amines) is 1. The van der Waals surface area contributed by atoms with Crippen LogP contribution in [0.5, 0.6) is 0 Å². The number of rotatable bonds is 3. The van der Waals surface area contributed by atoms with Crippen molar-refractivity contribution in [3.8, 4) is 0 Å². The first kappa shape index (κ1) is 11.3. The number of carbonyl (C=O) groups excluding carboxylic acids is 1. The highest BCUT2D eigenvalue weighted by Gasteiger charge is 2.35. The Labute approximate surface area is 108 Å². The molecule has 1 aromatic rings. The van der Waals surface area contributed by atoms with E-state index in [1.165, 1.54) is 12.8 Å². The van der Waals surface area contributed by atoms with Crippen LogP contribution in [0.1, 0.15) is 29.8 Å². The van der Waals surface area contributed by atoms with E-state index in [2.05, 4.69) is 26.1 Å². The van der Waals surface area contributed by atoms with Crippen molar-refractivity contribution in [3.05, 3.63) is 22.6 Å². The lowest BCUT2D eigenvalue weighted by Gasteiger charge is -2.15. The van der Waals surface area contributed by atoms with Gasteiger partial charge < -0.3 is 9.73 Å². The van der Waals surface area contributed by atoms with Crippen LogP contribution in [-0.2, 0) is 0 Å². The second-order valence-corrected chi connectivity index (χ2v) is 5.57. The molecule has 0 bridgehead atoms. The summed E-state index contributed by atoms with van der Waals surface area (Å²) in [6, 6.07) is 4.48. The van der Waals surface area contributed by atoms with Gasteiger partial charge in [-0.15, -0.1) is 0 Å². The van der Waals surface area contributed by atoms with Gasteiger partial charge in [-0.1, -0.05) is 0 Å². The van der Waals surface area contributed by atoms with Gasteiger partial charge >= 0.3 is 0 Å². The van der Waals surface area contributed by atoms with Gasteiger partial charge in [0.25, 0.3) is 5.91 Å². The van der Waals surface area contributed by atoms with E-state index in [4.69, 9.17) is 4.42 Å². The van der Waals surface area contributed by atoms with E-state index >= 15 is 0 Å². The molecular weight excluding hydrogens is 284 g/mol. The minimum absolute atomic E-state index is 0.113. The molecular formula is C12H15BrN2O2. The highest BCUT2D eigenvalue weighted by atomic mass is 79.9. The van der Waals surface area contributed by atoms with Gasteiger partial charge in [-0.2, -0.15) is 0 Å². The number of amides is 1. The Kier molecular flexibility index (Phi) is 2.96. The third-order valence-electron chi connectivity index (χ3n) is 3.42. The molecule has 1 aromatic heterocycles. The molecule has 1 unspecified atom stereocenters. The van der Waals surface area contributed by atoms with E-state index in [9.17, 15) is 4.79 Å². The average Bonchev–Trinajstić information content (AvgIpc) is 2.90. The van der Waals surface area contributed by atoms with E-state index in [1.807, 2.05) is 0 Å². The third kappa shape index (κ3) is 2.55. The number of carbonyl (C=O) groups is 1. The summed E-state index contributed by atoms with van der Waals surface area (Å²) in [7, 11) is 0. The normalized spacial score (nSPS) is 25.1. The van der Waals surface area contributed by atoms with E-state index in [0.717, 1.165) is 25.6 Å². The first-order valence-corrected chi connectivity index (χ1v) is 6.82. The molecule has 1 saturated carbocycles. The van der Waals surface area contributed by atoms with E-state index in [1.54, 1.807) is 12.1 Å². The molecule has 0 spiro atoms. The van der Waals surface area contributed by atoms with Crippen molar-refractivity contribution in [2.45, 2.75) is 31.3 Å². The van der Waals surface area contributed by atoms with Crippen LogP contribution in [0.3, 0.4) is 0 Å². The molecule has 1 N–H and O–H groups in total. The molecule has 4 nitrogen and oxygen atoms in total. The van der Waals surface area contributed by atoms with Crippen molar-refractivity contribution in [1.29, 1.82) is 0 Å². The Bertz CT molecular complexity index is 428. The zero-order valence-corrected chi connectivity index (χ0v) is 11.1. The molecule has 0 radical (unpaired) electrons. The smallest absolute Gasteiger partial charge is 0.287 e. The SMILES string of the molecule is O=C(NC1CCN(C2CC2)C1)c1ccc(Br)o1. The number of hydrogen-bond donors (Lipinski definition) is 1. The Balaban J connectivity index is 1.55. The van der Waals surface area contributed by atoms with Crippen molar-refractivity contribution in [2.24, 2.45) is 0 Å². The lowest BCUT2D eigenvalue weighted by Crippen LogP contribution is -2.37. The number of nitrogens with one attached hydrogen (secondary N) is 1. The van der Waals surface area contributed by atoms with Gasteiger partial charge in [0.15, 0.2) is 10.4 Å². The molecule has 1 aliphatic heterocycles. The van der Waals surface area contributed by atoms with Crippen molar-refractivity contribution >= 4 is 21.8 Å². The van der Waals surface area contributed by atoms with Crippen LogP contribution < -0.4 is 5.32 Å². The van der Waals surface area contributed by atoms with Crippen LogP contribution in [0, 0.1) is 0 Å². The molecule has 2 heterocycles. The second kappa shape index (κ2) is 4.46. The van der Waals surface area contributed by atoms with Gasteiger partial charge in [-0.05, 0) is 47.3 Å². The van der Waals surface area contributed by atoms with E-state index in [0.29, 0.717) is 10.4 Å². The molecule has 1 aliphatic carbocycles. The summed E-state index contributed by atoms with van der Waals surface area (Å²) >= 11 is 3.20. The summed E-state index contributed by atoms with van der Waals surface area (Å²) in [6.45, 7) is 2.09. The Morgan fingerprint density at radius 1 is 1.41 bits per heavy atom. The number of halogens is 1. The molecule has 17 heavy (non-hydrogen) atoms. The predicted molar refractivity (Wildman–Crippen MR) is 66.9 cm³/mol. The van der Waals surface area contributed by atoms with Crippen molar-refractivity contribution < 1.29 is 9.21 Å². The van der Waals surface area contributed by atoms with Crippen molar-refractivity contribution in [3.63, 3.8) is 0 Å². The maximum atomic E-state index is 11.9. The largest absolute Gasteiger partial charge is 0.444 e. The Morgan fingerprint density at radius 3 is 2.88 bits per heavy atom. The van der Waals surface area contributed by atoms with E-state index < -0.39 is 0 Å². The Morgan fingerprint density at radius 2 is 2.24 bits per heavy atom. The third-order valence-corrected chi connectivity index (χ3v) is 3.84. The highest BCUT2D eigenvalue weighted by Crippen LogP contribution is 2.29. The van der Waals surface area contributed by atoms with Gasteiger partial charge in [-0.25, -0.2) is 0 Å². The molecule has 1 amide bonds. The zero-order valence-electron chi connectivity index (χ0n) is 9.49. The van der Waals surface area contributed by atoms with Crippen LogP contribution in [-0.4, -0.2) is 36.0 Å².